The van der Waals surface area contributed by atoms with E-state index in [0.29, 0.717) is 22.9 Å². The average Bonchev–Trinajstić information content (AvgIpc) is 2.39. The third-order valence-corrected chi connectivity index (χ3v) is 3.19. The average molecular weight is 323 g/mol. The maximum absolute atomic E-state index is 8.73. The minimum atomic E-state index is 0.443. The molecule has 2 aromatic rings. The van der Waals surface area contributed by atoms with Crippen LogP contribution in [0.1, 0.15) is 11.1 Å². The molecule has 2 aromatic carbocycles. The number of hydrogen-bond acceptors (Lipinski definition) is 2. The van der Waals surface area contributed by atoms with Gasteiger partial charge < -0.3 is 4.74 Å². The van der Waals surface area contributed by atoms with Gasteiger partial charge in [0.2, 0.25) is 0 Å². The molecule has 0 atom stereocenters. The number of halogens is 2. The number of ether oxygens (including phenoxy) is 1. The predicted molar refractivity (Wildman–Crippen MR) is 74.6 cm³/mol. The van der Waals surface area contributed by atoms with Crippen molar-refractivity contribution < 1.29 is 4.74 Å². The van der Waals surface area contributed by atoms with Crippen molar-refractivity contribution in [2.24, 2.45) is 0 Å². The largest absolute Gasteiger partial charge is 0.487 e. The highest BCUT2D eigenvalue weighted by Crippen LogP contribution is 2.26. The van der Waals surface area contributed by atoms with Gasteiger partial charge in [-0.1, -0.05) is 39.7 Å². The molecule has 0 aliphatic heterocycles. The van der Waals surface area contributed by atoms with Crippen LogP contribution in [0.25, 0.3) is 0 Å². The summed E-state index contributed by atoms with van der Waals surface area (Å²) >= 11 is 9.39. The number of nitrogens with zero attached hydrogens (tertiary/aromatic N) is 1. The molecule has 0 fully saturated rings. The van der Waals surface area contributed by atoms with Crippen LogP contribution in [-0.2, 0) is 6.61 Å². The number of benzene rings is 2. The van der Waals surface area contributed by atoms with E-state index in [9.17, 15) is 0 Å². The first-order valence-electron chi connectivity index (χ1n) is 5.26. The van der Waals surface area contributed by atoms with E-state index in [1.807, 2.05) is 30.3 Å². The highest BCUT2D eigenvalue weighted by atomic mass is 79.9. The Balaban J connectivity index is 2.06. The standard InChI is InChI=1S/C14H9BrClNO/c15-12-4-1-10(2-5-12)9-18-14-6-3-11(8-17)7-13(14)16/h1-7H,9H2. The molecule has 0 aromatic heterocycles. The predicted octanol–water partition coefficient (Wildman–Crippen LogP) is 4.55. The monoisotopic (exact) mass is 321 g/mol. The SMILES string of the molecule is N#Cc1ccc(OCc2ccc(Br)cc2)c(Cl)c1. The normalized spacial score (nSPS) is 9.83. The Morgan fingerprint density at radius 2 is 1.89 bits per heavy atom. The molecule has 0 radical (unpaired) electrons. The van der Waals surface area contributed by atoms with E-state index in [2.05, 4.69) is 15.9 Å². The van der Waals surface area contributed by atoms with Gasteiger partial charge in [0.05, 0.1) is 16.7 Å². The Morgan fingerprint density at radius 1 is 1.17 bits per heavy atom. The molecule has 0 unspecified atom stereocenters. The second kappa shape index (κ2) is 5.90. The van der Waals surface area contributed by atoms with Gasteiger partial charge in [0.15, 0.2) is 0 Å². The molecule has 2 nitrogen and oxygen atoms in total. The quantitative estimate of drug-likeness (QED) is 0.830. The fourth-order valence-electron chi connectivity index (χ4n) is 1.43. The lowest BCUT2D eigenvalue weighted by molar-refractivity contribution is 0.306. The van der Waals surface area contributed by atoms with Crippen LogP contribution in [0, 0.1) is 11.3 Å². The molecule has 90 valence electrons. The molecule has 0 aliphatic rings. The molecule has 0 spiro atoms. The van der Waals surface area contributed by atoms with E-state index in [1.54, 1.807) is 18.2 Å². The Morgan fingerprint density at radius 3 is 2.50 bits per heavy atom. The van der Waals surface area contributed by atoms with Gasteiger partial charge in [0, 0.05) is 4.47 Å². The van der Waals surface area contributed by atoms with Gasteiger partial charge in [-0.2, -0.15) is 5.26 Å². The maximum Gasteiger partial charge on any atom is 0.138 e. The van der Waals surface area contributed by atoms with Crippen molar-refractivity contribution in [2.45, 2.75) is 6.61 Å². The molecule has 0 amide bonds. The topological polar surface area (TPSA) is 33.0 Å². The van der Waals surface area contributed by atoms with Crippen molar-refractivity contribution in [3.8, 4) is 11.8 Å². The first-order chi connectivity index (χ1) is 8.69. The van der Waals surface area contributed by atoms with Crippen LogP contribution in [0.3, 0.4) is 0 Å². The molecular weight excluding hydrogens is 314 g/mol. The molecular formula is C14H9BrClNO. The van der Waals surface area contributed by atoms with Gasteiger partial charge in [0.25, 0.3) is 0 Å². The Kier molecular flexibility index (Phi) is 4.24. The van der Waals surface area contributed by atoms with Crippen LogP contribution in [0.2, 0.25) is 5.02 Å². The van der Waals surface area contributed by atoms with Crippen LogP contribution in [0.15, 0.2) is 46.9 Å². The molecule has 0 bridgehead atoms. The van der Waals surface area contributed by atoms with Crippen molar-refractivity contribution in [2.75, 3.05) is 0 Å². The second-order valence-corrected chi connectivity index (χ2v) is 5.00. The smallest absolute Gasteiger partial charge is 0.138 e. The molecule has 2 rings (SSSR count). The summed E-state index contributed by atoms with van der Waals surface area (Å²) in [5.74, 6) is 0.582. The molecule has 0 saturated carbocycles. The van der Waals surface area contributed by atoms with Gasteiger partial charge in [-0.15, -0.1) is 0 Å². The minimum Gasteiger partial charge on any atom is -0.487 e. The van der Waals surface area contributed by atoms with E-state index in [4.69, 9.17) is 21.6 Å². The molecule has 4 heteroatoms. The zero-order valence-electron chi connectivity index (χ0n) is 9.36. The Labute approximate surface area is 119 Å². The fourth-order valence-corrected chi connectivity index (χ4v) is 1.93. The fraction of sp³-hybridized carbons (Fsp3) is 0.0714. The molecule has 18 heavy (non-hydrogen) atoms. The van der Waals surface area contributed by atoms with Crippen molar-refractivity contribution in [3.63, 3.8) is 0 Å². The van der Waals surface area contributed by atoms with Crippen LogP contribution in [0.5, 0.6) is 5.75 Å². The van der Waals surface area contributed by atoms with E-state index in [1.165, 1.54) is 0 Å². The number of hydrogen-bond donors (Lipinski definition) is 0. The lowest BCUT2D eigenvalue weighted by Gasteiger charge is -2.08. The summed E-state index contributed by atoms with van der Waals surface area (Å²) in [6.07, 6.45) is 0. The summed E-state index contributed by atoms with van der Waals surface area (Å²) in [5, 5.41) is 9.18. The first-order valence-corrected chi connectivity index (χ1v) is 6.43. The van der Waals surface area contributed by atoms with Crippen molar-refractivity contribution in [1.29, 1.82) is 5.26 Å². The Hall–Kier alpha value is -1.50. The maximum atomic E-state index is 8.73. The lowest BCUT2D eigenvalue weighted by atomic mass is 10.2. The summed E-state index contributed by atoms with van der Waals surface area (Å²) in [5.41, 5.74) is 1.58. The summed E-state index contributed by atoms with van der Waals surface area (Å²) in [4.78, 5) is 0. The highest BCUT2D eigenvalue weighted by molar-refractivity contribution is 9.10. The molecule has 0 aliphatic carbocycles. The summed E-state index contributed by atoms with van der Waals surface area (Å²) < 4.78 is 6.64. The van der Waals surface area contributed by atoms with Gasteiger partial charge in [-0.05, 0) is 35.9 Å². The molecule has 0 saturated heterocycles. The summed E-state index contributed by atoms with van der Waals surface area (Å²) in [6.45, 7) is 0.443. The molecule has 0 N–H and O–H groups in total. The van der Waals surface area contributed by atoms with E-state index < -0.39 is 0 Å². The van der Waals surface area contributed by atoms with Crippen LogP contribution in [-0.4, -0.2) is 0 Å². The van der Waals surface area contributed by atoms with Gasteiger partial charge in [-0.3, -0.25) is 0 Å². The highest BCUT2D eigenvalue weighted by Gasteiger charge is 2.03. The van der Waals surface area contributed by atoms with Crippen LogP contribution < -0.4 is 4.74 Å². The minimum absolute atomic E-state index is 0.443. The van der Waals surface area contributed by atoms with Crippen LogP contribution >= 0.6 is 27.5 Å². The summed E-state index contributed by atoms with van der Waals surface area (Å²) in [6, 6.07) is 14.9. The third-order valence-electron chi connectivity index (χ3n) is 2.37. The van der Waals surface area contributed by atoms with Crippen LogP contribution in [0.4, 0.5) is 0 Å². The van der Waals surface area contributed by atoms with Gasteiger partial charge in [-0.25, -0.2) is 0 Å². The zero-order chi connectivity index (χ0) is 13.0. The Bertz CT molecular complexity index is 590. The van der Waals surface area contributed by atoms with E-state index in [-0.39, 0.29) is 0 Å². The first kappa shape index (κ1) is 12.9. The number of rotatable bonds is 3. The number of nitriles is 1. The lowest BCUT2D eigenvalue weighted by Crippen LogP contribution is -1.95. The van der Waals surface area contributed by atoms with Gasteiger partial charge >= 0.3 is 0 Å². The third kappa shape index (κ3) is 3.25. The van der Waals surface area contributed by atoms with Crippen molar-refractivity contribution in [3.05, 3.63) is 63.1 Å². The second-order valence-electron chi connectivity index (χ2n) is 3.67. The summed E-state index contributed by atoms with van der Waals surface area (Å²) in [7, 11) is 0. The molecule has 0 heterocycles. The van der Waals surface area contributed by atoms with Crippen molar-refractivity contribution in [1.82, 2.24) is 0 Å². The zero-order valence-corrected chi connectivity index (χ0v) is 11.7. The van der Waals surface area contributed by atoms with Gasteiger partial charge in [0.1, 0.15) is 12.4 Å². The van der Waals surface area contributed by atoms with E-state index >= 15 is 0 Å². The van der Waals surface area contributed by atoms with E-state index in [0.717, 1.165) is 10.0 Å². The van der Waals surface area contributed by atoms with Crippen molar-refractivity contribution >= 4 is 27.5 Å².